The van der Waals surface area contributed by atoms with Gasteiger partial charge in [-0.15, -0.1) is 0 Å². The van der Waals surface area contributed by atoms with Crippen LogP contribution in [0.2, 0.25) is 0 Å². The normalized spacial score (nSPS) is 12.8. The minimum absolute atomic E-state index is 0.248. The van der Waals surface area contributed by atoms with E-state index in [0.29, 0.717) is 11.5 Å². The van der Waals surface area contributed by atoms with Crippen molar-refractivity contribution in [3.05, 3.63) is 102 Å². The van der Waals surface area contributed by atoms with Gasteiger partial charge in [0, 0.05) is 5.92 Å². The van der Waals surface area contributed by atoms with E-state index in [9.17, 15) is 4.39 Å². The maximum Gasteiger partial charge on any atom is 0.130 e. The largest absolute Gasteiger partial charge is 0.239 e. The third-order valence-electron chi connectivity index (χ3n) is 5.76. The smallest absolute Gasteiger partial charge is 0.130 e. The third kappa shape index (κ3) is 4.85. The predicted octanol–water partition coefficient (Wildman–Crippen LogP) is 8.50. The van der Waals surface area contributed by atoms with Crippen LogP contribution in [0.15, 0.2) is 79.4 Å². The van der Waals surface area contributed by atoms with Crippen LogP contribution in [0.25, 0.3) is 16.7 Å². The standard InChI is InChI=1S/C28H31F/c1-19(2)22-10-12-23(13-11-22)20(3)21(4)24-14-16-25(17-15-24)26-8-7-9-27(18-26)28(5,6)29/h7-20H,4H2,1-3,5-6H3. The first-order valence-electron chi connectivity index (χ1n) is 10.4. The van der Waals surface area contributed by atoms with Crippen LogP contribution < -0.4 is 0 Å². The van der Waals surface area contributed by atoms with Gasteiger partial charge < -0.3 is 0 Å². The molecule has 0 radical (unpaired) electrons. The fraction of sp³-hybridized carbons (Fsp3) is 0.286. The van der Waals surface area contributed by atoms with Crippen LogP contribution in [0.3, 0.4) is 0 Å². The number of alkyl halides is 1. The average Bonchev–Trinajstić information content (AvgIpc) is 2.72. The topological polar surface area (TPSA) is 0 Å². The zero-order chi connectivity index (χ0) is 21.2. The van der Waals surface area contributed by atoms with Gasteiger partial charge in [-0.3, -0.25) is 0 Å². The molecule has 0 nitrogen and oxygen atoms in total. The van der Waals surface area contributed by atoms with Crippen LogP contribution in [0.4, 0.5) is 4.39 Å². The summed E-state index contributed by atoms with van der Waals surface area (Å²) in [5.41, 5.74) is 6.34. The van der Waals surface area contributed by atoms with E-state index in [0.717, 1.165) is 22.3 Å². The minimum Gasteiger partial charge on any atom is -0.239 e. The van der Waals surface area contributed by atoms with Crippen LogP contribution >= 0.6 is 0 Å². The summed E-state index contributed by atoms with van der Waals surface area (Å²) >= 11 is 0. The fourth-order valence-corrected chi connectivity index (χ4v) is 3.57. The molecule has 0 spiro atoms. The third-order valence-corrected chi connectivity index (χ3v) is 5.76. The lowest BCUT2D eigenvalue weighted by Crippen LogP contribution is -2.08. The van der Waals surface area contributed by atoms with Crippen molar-refractivity contribution in [2.75, 3.05) is 0 Å². The molecule has 0 N–H and O–H groups in total. The predicted molar refractivity (Wildman–Crippen MR) is 124 cm³/mol. The molecule has 150 valence electrons. The highest BCUT2D eigenvalue weighted by Crippen LogP contribution is 2.33. The van der Waals surface area contributed by atoms with Crippen molar-refractivity contribution in [3.63, 3.8) is 0 Å². The van der Waals surface area contributed by atoms with Gasteiger partial charge in [0.2, 0.25) is 0 Å². The molecule has 0 fully saturated rings. The molecule has 3 aromatic carbocycles. The average molecular weight is 387 g/mol. The van der Waals surface area contributed by atoms with Gasteiger partial charge in [-0.1, -0.05) is 94.1 Å². The molecular formula is C28H31F. The molecule has 0 saturated heterocycles. The fourth-order valence-electron chi connectivity index (χ4n) is 3.57. The molecule has 0 bridgehead atoms. The van der Waals surface area contributed by atoms with Crippen molar-refractivity contribution < 1.29 is 4.39 Å². The van der Waals surface area contributed by atoms with E-state index < -0.39 is 5.67 Å². The number of benzene rings is 3. The maximum atomic E-state index is 14.3. The van der Waals surface area contributed by atoms with E-state index in [1.807, 2.05) is 24.3 Å². The first kappa shape index (κ1) is 21.0. The van der Waals surface area contributed by atoms with E-state index in [4.69, 9.17) is 0 Å². The van der Waals surface area contributed by atoms with Crippen LogP contribution in [0.5, 0.6) is 0 Å². The van der Waals surface area contributed by atoms with Crippen LogP contribution in [-0.2, 0) is 5.67 Å². The minimum atomic E-state index is -1.34. The van der Waals surface area contributed by atoms with Crippen molar-refractivity contribution >= 4 is 5.57 Å². The number of rotatable bonds is 6. The lowest BCUT2D eigenvalue weighted by Gasteiger charge is -2.18. The summed E-state index contributed by atoms with van der Waals surface area (Å²) in [4.78, 5) is 0. The lowest BCUT2D eigenvalue weighted by molar-refractivity contribution is 0.221. The Bertz CT molecular complexity index is 970. The molecule has 0 aliphatic heterocycles. The summed E-state index contributed by atoms with van der Waals surface area (Å²) in [6, 6.07) is 25.0. The summed E-state index contributed by atoms with van der Waals surface area (Å²) in [6.45, 7) is 14.2. The Labute approximate surface area is 175 Å². The molecule has 0 aliphatic carbocycles. The molecule has 0 aliphatic rings. The summed E-state index contributed by atoms with van der Waals surface area (Å²) in [7, 11) is 0. The van der Waals surface area contributed by atoms with Gasteiger partial charge in [0.1, 0.15) is 5.67 Å². The Balaban J connectivity index is 1.80. The molecule has 0 amide bonds. The Kier molecular flexibility index (Phi) is 6.07. The number of hydrogen-bond donors (Lipinski definition) is 0. The zero-order valence-electron chi connectivity index (χ0n) is 18.2. The summed E-state index contributed by atoms with van der Waals surface area (Å²) in [6.07, 6.45) is 0. The molecule has 29 heavy (non-hydrogen) atoms. The highest BCUT2D eigenvalue weighted by atomic mass is 19.1. The van der Waals surface area contributed by atoms with Gasteiger partial charge in [-0.25, -0.2) is 4.39 Å². The lowest BCUT2D eigenvalue weighted by atomic mass is 9.87. The maximum absolute atomic E-state index is 14.3. The second-order valence-corrected chi connectivity index (χ2v) is 8.70. The monoisotopic (exact) mass is 386 g/mol. The van der Waals surface area contributed by atoms with E-state index in [1.165, 1.54) is 11.1 Å². The second kappa shape index (κ2) is 8.37. The van der Waals surface area contributed by atoms with E-state index in [-0.39, 0.29) is 5.92 Å². The quantitative estimate of drug-likeness (QED) is 0.398. The van der Waals surface area contributed by atoms with Gasteiger partial charge in [0.15, 0.2) is 0 Å². The van der Waals surface area contributed by atoms with E-state index >= 15 is 0 Å². The van der Waals surface area contributed by atoms with Crippen molar-refractivity contribution in [1.29, 1.82) is 0 Å². The van der Waals surface area contributed by atoms with Crippen molar-refractivity contribution in [2.24, 2.45) is 0 Å². The Morgan fingerprint density at radius 1 is 0.793 bits per heavy atom. The van der Waals surface area contributed by atoms with Crippen LogP contribution in [0.1, 0.15) is 68.7 Å². The molecule has 1 atom stereocenters. The van der Waals surface area contributed by atoms with Crippen LogP contribution in [0, 0.1) is 0 Å². The molecule has 0 aromatic heterocycles. The second-order valence-electron chi connectivity index (χ2n) is 8.70. The molecule has 1 unspecified atom stereocenters. The van der Waals surface area contributed by atoms with Gasteiger partial charge in [0.25, 0.3) is 0 Å². The molecule has 0 saturated carbocycles. The Morgan fingerprint density at radius 2 is 1.38 bits per heavy atom. The molecule has 3 rings (SSSR count). The molecular weight excluding hydrogens is 355 g/mol. The molecule has 3 aromatic rings. The SMILES string of the molecule is C=C(c1ccc(-c2cccc(C(C)(C)F)c2)cc1)C(C)c1ccc(C(C)C)cc1. The molecule has 1 heteroatoms. The van der Waals surface area contributed by atoms with E-state index in [1.54, 1.807) is 13.8 Å². The van der Waals surface area contributed by atoms with Gasteiger partial charge in [0.05, 0.1) is 0 Å². The highest BCUT2D eigenvalue weighted by molar-refractivity contribution is 5.73. The first-order chi connectivity index (χ1) is 13.7. The first-order valence-corrected chi connectivity index (χ1v) is 10.4. The number of halogens is 1. The Morgan fingerprint density at radius 3 is 1.93 bits per heavy atom. The Hall–Kier alpha value is -2.67. The highest BCUT2D eigenvalue weighted by Gasteiger charge is 2.19. The van der Waals surface area contributed by atoms with Gasteiger partial charge in [-0.05, 0) is 64.8 Å². The zero-order valence-corrected chi connectivity index (χ0v) is 18.2. The molecule has 0 heterocycles. The van der Waals surface area contributed by atoms with Gasteiger partial charge in [-0.2, -0.15) is 0 Å². The van der Waals surface area contributed by atoms with Crippen molar-refractivity contribution in [3.8, 4) is 11.1 Å². The summed E-state index contributed by atoms with van der Waals surface area (Å²) < 4.78 is 14.3. The van der Waals surface area contributed by atoms with Crippen molar-refractivity contribution in [2.45, 2.75) is 52.1 Å². The summed E-state index contributed by atoms with van der Waals surface area (Å²) in [5.74, 6) is 0.786. The van der Waals surface area contributed by atoms with Crippen molar-refractivity contribution in [1.82, 2.24) is 0 Å². The van der Waals surface area contributed by atoms with E-state index in [2.05, 4.69) is 75.9 Å². The number of hydrogen-bond acceptors (Lipinski definition) is 0. The van der Waals surface area contributed by atoms with Gasteiger partial charge >= 0.3 is 0 Å². The van der Waals surface area contributed by atoms with Crippen LogP contribution in [-0.4, -0.2) is 0 Å². The number of allylic oxidation sites excluding steroid dienone is 1. The summed E-state index contributed by atoms with van der Waals surface area (Å²) in [5, 5.41) is 0.